The fraction of sp³-hybridized carbons (Fsp3) is 0.375. The summed E-state index contributed by atoms with van der Waals surface area (Å²) in [6.07, 6.45) is 1.03. The summed E-state index contributed by atoms with van der Waals surface area (Å²) in [5, 5.41) is 22.1. The number of carboxylic acid groups (broad SMARTS) is 1. The summed E-state index contributed by atoms with van der Waals surface area (Å²) >= 11 is 0. The number of carbonyl (C=O) groups is 1. The zero-order valence-electron chi connectivity index (χ0n) is 24.3. The molecule has 2 aromatic heterocycles. The summed E-state index contributed by atoms with van der Waals surface area (Å²) in [5.74, 6) is 0.658. The van der Waals surface area contributed by atoms with Gasteiger partial charge in [-0.1, -0.05) is 12.1 Å². The van der Waals surface area contributed by atoms with E-state index in [0.29, 0.717) is 56.7 Å². The van der Waals surface area contributed by atoms with Gasteiger partial charge in [0.15, 0.2) is 5.82 Å². The fourth-order valence-corrected chi connectivity index (χ4v) is 5.84. The van der Waals surface area contributed by atoms with Crippen LogP contribution in [-0.2, 0) is 34.1 Å². The Balaban J connectivity index is 0.987. The van der Waals surface area contributed by atoms with Gasteiger partial charge in [-0.05, 0) is 42.8 Å². The molecule has 3 unspecified atom stereocenters. The van der Waals surface area contributed by atoms with Gasteiger partial charge in [0, 0.05) is 36.6 Å². The van der Waals surface area contributed by atoms with Gasteiger partial charge in [-0.15, -0.1) is 0 Å². The van der Waals surface area contributed by atoms with Gasteiger partial charge >= 0.3 is 5.97 Å². The zero-order chi connectivity index (χ0) is 30.9. The number of nitrogens with zero attached hydrogens (tertiary/aromatic N) is 6. The smallest absolute Gasteiger partial charge is 0.335 e. The maximum atomic E-state index is 14.3. The molecule has 45 heavy (non-hydrogen) atoms. The van der Waals surface area contributed by atoms with E-state index >= 15 is 0 Å². The van der Waals surface area contributed by atoms with E-state index in [-0.39, 0.29) is 35.7 Å². The van der Waals surface area contributed by atoms with Crippen molar-refractivity contribution in [2.24, 2.45) is 11.8 Å². The quantitative estimate of drug-likeness (QED) is 0.294. The first-order valence-corrected chi connectivity index (χ1v) is 14.8. The Bertz CT molecular complexity index is 1770. The number of aromatic nitrogens is 3. The average Bonchev–Trinajstić information content (AvgIpc) is 3.37. The Kier molecular flexibility index (Phi) is 8.03. The summed E-state index contributed by atoms with van der Waals surface area (Å²) in [7, 11) is 0. The Morgan fingerprint density at radius 2 is 1.93 bits per heavy atom. The van der Waals surface area contributed by atoms with Crippen LogP contribution in [0.4, 0.5) is 10.2 Å². The van der Waals surface area contributed by atoms with Gasteiger partial charge < -0.3 is 19.1 Å². The number of hydrogen-bond acceptors (Lipinski definition) is 10. The van der Waals surface area contributed by atoms with Crippen LogP contribution in [0.15, 0.2) is 54.6 Å². The van der Waals surface area contributed by atoms with E-state index in [0.717, 1.165) is 29.9 Å². The Labute approximate surface area is 258 Å². The fourth-order valence-electron chi connectivity index (χ4n) is 5.84. The van der Waals surface area contributed by atoms with E-state index in [1.807, 2.05) is 23.3 Å². The number of carboxylic acids is 1. The van der Waals surface area contributed by atoms with Crippen molar-refractivity contribution in [3.05, 3.63) is 82.9 Å². The van der Waals surface area contributed by atoms with Crippen molar-refractivity contribution >= 4 is 22.8 Å². The molecule has 3 atom stereocenters. The summed E-state index contributed by atoms with van der Waals surface area (Å²) < 4.78 is 27.7. The van der Waals surface area contributed by atoms with Gasteiger partial charge in [-0.3, -0.25) is 9.68 Å². The maximum absolute atomic E-state index is 14.3. The number of benzene rings is 2. The second kappa shape index (κ2) is 12.4. The standard InChI is InChI=1S/C32H31FN6O6/c33-26-10-20(12-34)4-5-22(26)17-43-31-3-1-2-29(36-31)39-14-24-18-44-37(13-23(24)19-45-39)16-30-35-27-7-6-21(32(40)41)11-28(27)38(30)15-25-8-9-42-25/h1-7,10-11,23-25H,8-9,13-19H2,(H,40,41). The van der Waals surface area contributed by atoms with E-state index in [2.05, 4.69) is 9.55 Å². The van der Waals surface area contributed by atoms with Gasteiger partial charge in [0.1, 0.15) is 18.2 Å². The first kappa shape index (κ1) is 29.1. The molecule has 232 valence electrons. The van der Waals surface area contributed by atoms with Crippen LogP contribution in [0.25, 0.3) is 11.0 Å². The van der Waals surface area contributed by atoms with Crippen LogP contribution in [-0.4, -0.2) is 69.7 Å². The van der Waals surface area contributed by atoms with Gasteiger partial charge in [-0.25, -0.2) is 19.2 Å². The Hall–Kier alpha value is -4.61. The predicted octanol–water partition coefficient (Wildman–Crippen LogP) is 3.94. The molecule has 3 saturated heterocycles. The molecule has 0 saturated carbocycles. The number of fused-ring (bicyclic) bond motifs is 2. The van der Waals surface area contributed by atoms with Crippen molar-refractivity contribution in [1.29, 1.82) is 5.26 Å². The highest BCUT2D eigenvalue weighted by Crippen LogP contribution is 2.31. The highest BCUT2D eigenvalue weighted by Gasteiger charge is 2.37. The van der Waals surface area contributed by atoms with Crippen molar-refractivity contribution in [1.82, 2.24) is 19.6 Å². The molecule has 0 amide bonds. The van der Waals surface area contributed by atoms with Gasteiger partial charge in [0.05, 0.1) is 67.2 Å². The second-order valence-corrected chi connectivity index (χ2v) is 11.5. The minimum atomic E-state index is -0.976. The van der Waals surface area contributed by atoms with Gasteiger partial charge in [-0.2, -0.15) is 15.3 Å². The van der Waals surface area contributed by atoms with Crippen molar-refractivity contribution < 1.29 is 33.4 Å². The van der Waals surface area contributed by atoms with Crippen molar-refractivity contribution in [2.45, 2.75) is 32.2 Å². The molecule has 0 radical (unpaired) electrons. The number of imidazole rings is 1. The number of anilines is 1. The highest BCUT2D eigenvalue weighted by molar-refractivity contribution is 5.92. The molecule has 3 fully saturated rings. The van der Waals surface area contributed by atoms with E-state index in [4.69, 9.17) is 29.4 Å². The highest BCUT2D eigenvalue weighted by atomic mass is 19.1. The molecule has 4 aromatic rings. The van der Waals surface area contributed by atoms with E-state index in [1.165, 1.54) is 12.1 Å². The molecule has 0 aliphatic carbocycles. The normalized spacial score (nSPS) is 21.6. The first-order chi connectivity index (χ1) is 21.9. The molecule has 13 heteroatoms. The lowest BCUT2D eigenvalue weighted by molar-refractivity contribution is -0.235. The summed E-state index contributed by atoms with van der Waals surface area (Å²) in [6, 6.07) is 16.5. The molecule has 0 bridgehead atoms. The van der Waals surface area contributed by atoms with Crippen LogP contribution in [0, 0.1) is 29.0 Å². The van der Waals surface area contributed by atoms with Gasteiger partial charge in [0.25, 0.3) is 0 Å². The van der Waals surface area contributed by atoms with E-state index in [1.54, 1.807) is 35.4 Å². The maximum Gasteiger partial charge on any atom is 0.335 e. The minimum absolute atomic E-state index is 0.0224. The SMILES string of the molecule is N#Cc1ccc(COc2cccc(N3CC4CON(Cc5nc6ccc(C(=O)O)cc6n5CC5CCO5)CC4CO3)n2)c(F)c1. The number of rotatable bonds is 9. The number of nitriles is 1. The topological polar surface area (TPSA) is 135 Å². The van der Waals surface area contributed by atoms with E-state index in [9.17, 15) is 14.3 Å². The summed E-state index contributed by atoms with van der Waals surface area (Å²) in [5.41, 5.74) is 2.31. The van der Waals surface area contributed by atoms with Crippen LogP contribution in [0.1, 0.15) is 33.7 Å². The minimum Gasteiger partial charge on any atom is -0.478 e. The molecular formula is C32H31FN6O6. The van der Waals surface area contributed by atoms with Crippen LogP contribution >= 0.6 is 0 Å². The van der Waals surface area contributed by atoms with Crippen molar-refractivity contribution in [2.75, 3.05) is 38.0 Å². The monoisotopic (exact) mass is 614 g/mol. The molecular weight excluding hydrogens is 583 g/mol. The first-order valence-electron chi connectivity index (χ1n) is 14.8. The van der Waals surface area contributed by atoms with Crippen LogP contribution in [0.3, 0.4) is 0 Å². The molecule has 0 spiro atoms. The lowest BCUT2D eigenvalue weighted by Crippen LogP contribution is -2.52. The average molecular weight is 615 g/mol. The Morgan fingerprint density at radius 3 is 2.71 bits per heavy atom. The number of ether oxygens (including phenoxy) is 2. The van der Waals surface area contributed by atoms with Crippen LogP contribution in [0.2, 0.25) is 0 Å². The summed E-state index contributed by atoms with van der Waals surface area (Å²) in [6.45, 7) is 3.95. The molecule has 12 nitrogen and oxygen atoms in total. The molecule has 3 aliphatic rings. The number of hydrogen-bond donors (Lipinski definition) is 1. The van der Waals surface area contributed by atoms with Crippen LogP contribution in [0.5, 0.6) is 5.88 Å². The van der Waals surface area contributed by atoms with Gasteiger partial charge in [0.2, 0.25) is 5.88 Å². The second-order valence-electron chi connectivity index (χ2n) is 11.5. The lowest BCUT2D eigenvalue weighted by Gasteiger charge is -2.43. The zero-order valence-corrected chi connectivity index (χ0v) is 24.3. The Morgan fingerprint density at radius 1 is 1.09 bits per heavy atom. The number of pyridine rings is 1. The molecule has 5 heterocycles. The predicted molar refractivity (Wildman–Crippen MR) is 157 cm³/mol. The number of aromatic carboxylic acids is 1. The lowest BCUT2D eigenvalue weighted by atomic mass is 9.91. The number of hydroxylamine groups is 3. The third-order valence-electron chi connectivity index (χ3n) is 8.51. The van der Waals surface area contributed by atoms with E-state index < -0.39 is 11.8 Å². The molecule has 2 aromatic carbocycles. The summed E-state index contributed by atoms with van der Waals surface area (Å²) in [4.78, 5) is 33.3. The van der Waals surface area contributed by atoms with Crippen molar-refractivity contribution in [3.8, 4) is 11.9 Å². The molecule has 1 N–H and O–H groups in total. The number of halogens is 1. The molecule has 7 rings (SSSR count). The van der Waals surface area contributed by atoms with Crippen molar-refractivity contribution in [3.63, 3.8) is 0 Å². The third-order valence-corrected chi connectivity index (χ3v) is 8.51. The molecule has 3 aliphatic heterocycles. The third kappa shape index (κ3) is 6.18. The largest absolute Gasteiger partial charge is 0.478 e. The van der Waals surface area contributed by atoms with Crippen LogP contribution < -0.4 is 9.80 Å².